The fraction of sp³-hybridized carbons (Fsp3) is 0.400. The number of hydrogen-bond donors (Lipinski definition) is 2. The molecule has 2 saturated heterocycles. The van der Waals surface area contributed by atoms with E-state index in [1.807, 2.05) is 62.7 Å². The third-order valence-electron chi connectivity index (χ3n) is 14.6. The molecule has 0 spiro atoms. The highest BCUT2D eigenvalue weighted by Gasteiger charge is 2.41. The van der Waals surface area contributed by atoms with Gasteiger partial charge in [-0.25, -0.2) is 19.0 Å². The quantitative estimate of drug-likeness (QED) is 0.109. The molecule has 0 radical (unpaired) electrons. The number of methoxy groups -OCH3 is 2. The van der Waals surface area contributed by atoms with E-state index in [1.165, 1.54) is 55.9 Å². The number of benzene rings is 3. The lowest BCUT2D eigenvalue weighted by Crippen LogP contribution is -2.53. The summed E-state index contributed by atoms with van der Waals surface area (Å²) >= 11 is 1.28. The van der Waals surface area contributed by atoms with Crippen LogP contribution in [0.1, 0.15) is 88.5 Å². The maximum absolute atomic E-state index is 17.1. The second-order valence-corrected chi connectivity index (χ2v) is 21.2. The van der Waals surface area contributed by atoms with Crippen molar-refractivity contribution in [3.8, 4) is 33.3 Å². The van der Waals surface area contributed by atoms with Crippen molar-refractivity contribution < 1.29 is 55.7 Å². The van der Waals surface area contributed by atoms with Crippen LogP contribution in [0.4, 0.5) is 27.2 Å². The fourth-order valence-corrected chi connectivity index (χ4v) is 11.8. The van der Waals surface area contributed by atoms with Crippen LogP contribution in [0, 0.1) is 17.7 Å². The average Bonchev–Trinajstić information content (AvgIpc) is 4.33. The first-order chi connectivity index (χ1) is 36.4. The van der Waals surface area contributed by atoms with Crippen LogP contribution in [0.15, 0.2) is 89.2 Å². The fourth-order valence-electron chi connectivity index (χ4n) is 10.8. The largest absolute Gasteiger partial charge is 0.573 e. The van der Waals surface area contributed by atoms with Gasteiger partial charge < -0.3 is 39.4 Å². The standard InChI is InChI=1S/C55H56F4N8O8S.4H2S/c1-28(2)47(63-53(70)72-5)50(68)65-17-7-9-41(65)38-21-34(25-60-38)31-13-16-40-33(19-31)23-43-46-37(56)20-32(35-22-39(61-26-35)42-10-8-18-66(42)51(69)48(29(3)4)64-54(71)73-6)24-44(46)74-52(67(40)43)45-27-62-49(76-45)30-11-14-36(15-12-30)75-55(57,58)59;;;;/h11-16,19-20,23-29,41-42,47-48,52H,7-10,17-18,21-22H2,1-6H3,(H,63,70)(H,64,71);4*1H2/t41-,42-,47-,48-,52?;;;;/m0..../s1. The molecule has 5 aliphatic rings. The highest BCUT2D eigenvalue weighted by atomic mass is 32.1. The molecule has 10 rings (SSSR count). The number of fused-ring (bicyclic) bond motifs is 5. The SMILES string of the molecule is COC(=O)N[C@H](C(=O)N1CCC[C@H]1C1=NC=C(c2cc(F)c3c(c2)OC(c2cnc(-c4ccc(OC(F)(F)F)cc4)s2)n2c-3cc3cc(C4=CN=C([C@@H]5CCCN5C(=O)[C@@H](NC(=O)OC)C(C)C)C4)ccc32)C1)C(C)C.S.S.S.S. The van der Waals surface area contributed by atoms with Gasteiger partial charge >= 0.3 is 18.5 Å². The molecular formula is C55H64F4N8O8S5. The van der Waals surface area contributed by atoms with Crippen molar-refractivity contribution in [3.05, 3.63) is 101 Å². The van der Waals surface area contributed by atoms with Crippen molar-refractivity contribution in [2.24, 2.45) is 21.8 Å². The minimum Gasteiger partial charge on any atom is -0.464 e. The number of aliphatic imine (C=N–C) groups is 2. The maximum atomic E-state index is 17.1. The van der Waals surface area contributed by atoms with Gasteiger partial charge in [0.2, 0.25) is 18.0 Å². The Kier molecular flexibility index (Phi) is 20.3. The van der Waals surface area contributed by atoms with E-state index in [0.29, 0.717) is 59.1 Å². The van der Waals surface area contributed by atoms with E-state index in [-0.39, 0.29) is 107 Å². The Hall–Kier alpha value is -6.15. The van der Waals surface area contributed by atoms with Gasteiger partial charge in [0.05, 0.1) is 48.0 Å². The molecule has 5 atom stereocenters. The van der Waals surface area contributed by atoms with Crippen LogP contribution in [-0.4, -0.2) is 113 Å². The number of carbonyl (C=O) groups excluding carboxylic acids is 4. The van der Waals surface area contributed by atoms with Crippen LogP contribution in [0.2, 0.25) is 0 Å². The second-order valence-electron chi connectivity index (χ2n) is 20.1. The molecule has 5 aromatic rings. The van der Waals surface area contributed by atoms with Crippen LogP contribution in [0.3, 0.4) is 0 Å². The van der Waals surface area contributed by atoms with Crippen LogP contribution >= 0.6 is 65.3 Å². The molecule has 5 aliphatic heterocycles. The van der Waals surface area contributed by atoms with E-state index >= 15 is 4.39 Å². The minimum absolute atomic E-state index is 0. The number of rotatable bonds is 13. The molecule has 0 aliphatic carbocycles. The molecule has 25 heteroatoms. The summed E-state index contributed by atoms with van der Waals surface area (Å²) in [6, 6.07) is 14.5. The van der Waals surface area contributed by atoms with E-state index in [2.05, 4.69) is 20.4 Å². The Morgan fingerprint density at radius 2 is 1.26 bits per heavy atom. The molecule has 2 N–H and O–H groups in total. The Morgan fingerprint density at radius 3 is 1.79 bits per heavy atom. The van der Waals surface area contributed by atoms with E-state index in [9.17, 15) is 32.3 Å². The van der Waals surface area contributed by atoms with Crippen LogP contribution < -0.4 is 20.1 Å². The number of thiazole rings is 1. The van der Waals surface area contributed by atoms with Gasteiger partial charge in [0.25, 0.3) is 0 Å². The molecule has 430 valence electrons. The summed E-state index contributed by atoms with van der Waals surface area (Å²) in [6.45, 7) is 8.47. The third-order valence-corrected chi connectivity index (χ3v) is 15.7. The van der Waals surface area contributed by atoms with Crippen molar-refractivity contribution in [2.75, 3.05) is 27.3 Å². The number of alkyl halides is 3. The Morgan fingerprint density at radius 1 is 0.725 bits per heavy atom. The van der Waals surface area contributed by atoms with Crippen molar-refractivity contribution in [1.82, 2.24) is 30.0 Å². The summed E-state index contributed by atoms with van der Waals surface area (Å²) in [4.78, 5) is 70.6. The molecule has 7 heterocycles. The smallest absolute Gasteiger partial charge is 0.464 e. The van der Waals surface area contributed by atoms with Gasteiger partial charge in [0, 0.05) is 66.9 Å². The topological polar surface area (TPSA) is 178 Å². The summed E-state index contributed by atoms with van der Waals surface area (Å²) in [5.74, 6) is -1.42. The summed E-state index contributed by atoms with van der Waals surface area (Å²) < 4.78 is 78.5. The molecule has 80 heavy (non-hydrogen) atoms. The molecule has 3 aromatic carbocycles. The minimum atomic E-state index is -4.85. The molecule has 2 fully saturated rings. The van der Waals surface area contributed by atoms with Crippen molar-refractivity contribution in [1.29, 1.82) is 0 Å². The Balaban J connectivity index is 0.00000258. The number of hydrogen-bond acceptors (Lipinski definition) is 12. The van der Waals surface area contributed by atoms with Gasteiger partial charge in [-0.15, -0.1) is 24.5 Å². The monoisotopic (exact) mass is 1200 g/mol. The van der Waals surface area contributed by atoms with Crippen LogP contribution in [-0.2, 0) is 19.1 Å². The molecular weight excluding hydrogens is 1140 g/mol. The molecule has 1 unspecified atom stereocenters. The normalized spacial score (nSPS) is 18.9. The number of allylic oxidation sites excluding steroid dienone is 2. The van der Waals surface area contributed by atoms with Crippen molar-refractivity contribution in [3.63, 3.8) is 0 Å². The predicted octanol–water partition coefficient (Wildman–Crippen LogP) is 11.0. The zero-order valence-corrected chi connectivity index (χ0v) is 49.4. The lowest BCUT2D eigenvalue weighted by molar-refractivity contribution is -0.274. The first-order valence-electron chi connectivity index (χ1n) is 25.2. The second kappa shape index (κ2) is 25.8. The van der Waals surface area contributed by atoms with Crippen LogP contribution in [0.5, 0.6) is 11.5 Å². The zero-order chi connectivity index (χ0) is 53.7. The van der Waals surface area contributed by atoms with Crippen molar-refractivity contribution >= 4 is 123 Å². The zero-order valence-electron chi connectivity index (χ0n) is 44.6. The highest BCUT2D eigenvalue weighted by Crippen LogP contribution is 2.49. The number of nitrogens with one attached hydrogen (secondary N) is 2. The number of carbonyl (C=O) groups is 4. The lowest BCUT2D eigenvalue weighted by atomic mass is 9.95. The van der Waals surface area contributed by atoms with E-state index < -0.39 is 42.7 Å². The Labute approximate surface area is 492 Å². The van der Waals surface area contributed by atoms with Gasteiger partial charge in [-0.05, 0) is 114 Å². The van der Waals surface area contributed by atoms with Gasteiger partial charge in [0.1, 0.15) is 34.4 Å². The first-order valence-corrected chi connectivity index (χ1v) is 26.0. The summed E-state index contributed by atoms with van der Waals surface area (Å²) in [7, 11) is 2.51. The van der Waals surface area contributed by atoms with Crippen LogP contribution in [0.25, 0.3) is 43.9 Å². The number of alkyl carbamates (subject to hydrolysis) is 2. The average molecular weight is 1200 g/mol. The van der Waals surface area contributed by atoms with Gasteiger partial charge in [-0.1, -0.05) is 33.8 Å². The predicted molar refractivity (Wildman–Crippen MR) is 320 cm³/mol. The summed E-state index contributed by atoms with van der Waals surface area (Å²) in [5.41, 5.74) is 6.76. The molecule has 2 aromatic heterocycles. The van der Waals surface area contributed by atoms with Gasteiger partial charge in [-0.2, -0.15) is 54.0 Å². The first kappa shape index (κ1) is 63.0. The number of aromatic nitrogens is 2. The number of nitrogens with zero attached hydrogens (tertiary/aromatic N) is 6. The van der Waals surface area contributed by atoms with E-state index in [1.54, 1.807) is 28.3 Å². The van der Waals surface area contributed by atoms with E-state index in [0.717, 1.165) is 58.3 Å². The number of ether oxygens (including phenoxy) is 4. The highest BCUT2D eigenvalue weighted by molar-refractivity contribution is 7.59. The van der Waals surface area contributed by atoms with Gasteiger partial charge in [0.15, 0.2) is 0 Å². The van der Waals surface area contributed by atoms with Crippen molar-refractivity contribution in [2.45, 2.75) is 103 Å². The third kappa shape index (κ3) is 12.7. The van der Waals surface area contributed by atoms with Gasteiger partial charge in [-0.3, -0.25) is 24.1 Å². The molecule has 0 saturated carbocycles. The maximum Gasteiger partial charge on any atom is 0.573 e. The van der Waals surface area contributed by atoms with E-state index in [4.69, 9.17) is 24.2 Å². The number of likely N-dealkylation sites (tertiary alicyclic amines) is 2. The molecule has 0 bridgehead atoms. The molecule has 16 nitrogen and oxygen atoms in total. The number of halogens is 4. The number of amides is 4. The lowest BCUT2D eigenvalue weighted by Gasteiger charge is -2.31. The Bertz CT molecular complexity index is 3270. The summed E-state index contributed by atoms with van der Waals surface area (Å²) in [6.07, 6.45) is 1.87. The molecule has 4 amide bonds. The summed E-state index contributed by atoms with van der Waals surface area (Å²) in [5, 5.41) is 6.68.